The van der Waals surface area contributed by atoms with Crippen LogP contribution in [0.5, 0.6) is 5.75 Å². The average molecular weight is 368 g/mol. The fraction of sp³-hybridized carbons (Fsp3) is 0.333. The zero-order valence-electron chi connectivity index (χ0n) is 15.4. The number of aromatic hydroxyl groups is 1. The fourth-order valence-electron chi connectivity index (χ4n) is 3.28. The molecule has 0 unspecified atom stereocenters. The van der Waals surface area contributed by atoms with Crippen LogP contribution in [0.3, 0.4) is 0 Å². The van der Waals surface area contributed by atoms with Gasteiger partial charge < -0.3 is 19.6 Å². The number of methoxy groups -OCH3 is 1. The average Bonchev–Trinajstić information content (AvgIpc) is 2.69. The Balaban J connectivity index is 1.58. The molecule has 0 bridgehead atoms. The number of piperazine rings is 1. The Bertz CT molecular complexity index is 813. The summed E-state index contributed by atoms with van der Waals surface area (Å²) in [6.07, 6.45) is 0.326. The molecule has 6 nitrogen and oxygen atoms in total. The number of ether oxygens (including phenoxy) is 1. The maximum atomic E-state index is 12.7. The van der Waals surface area contributed by atoms with E-state index < -0.39 is 0 Å². The lowest BCUT2D eigenvalue weighted by Crippen LogP contribution is -2.51. The molecular formula is C21H24N2O4. The minimum Gasteiger partial charge on any atom is -0.507 e. The molecule has 0 aliphatic carbocycles. The highest BCUT2D eigenvalue weighted by atomic mass is 16.5. The van der Waals surface area contributed by atoms with Crippen molar-refractivity contribution in [2.24, 2.45) is 0 Å². The number of hydrogen-bond donors (Lipinski definition) is 1. The van der Waals surface area contributed by atoms with E-state index in [2.05, 4.69) is 0 Å². The minimum absolute atomic E-state index is 0.0178. The van der Waals surface area contributed by atoms with Gasteiger partial charge in [-0.1, -0.05) is 36.4 Å². The van der Waals surface area contributed by atoms with E-state index in [4.69, 9.17) is 4.74 Å². The third-order valence-electron chi connectivity index (χ3n) is 4.81. The van der Waals surface area contributed by atoms with Crippen LogP contribution in [-0.4, -0.2) is 60.0 Å². The molecule has 1 N–H and O–H groups in total. The standard InChI is InChI=1S/C21H24N2O4/c1-27-15-17-7-3-2-6-16(17)14-20(25)22-10-12-23(13-11-22)21(26)18-8-4-5-9-19(18)24/h2-9,24H,10-15H2,1H3. The number of phenols is 1. The van der Waals surface area contributed by atoms with Gasteiger partial charge in [0.2, 0.25) is 5.91 Å². The van der Waals surface area contributed by atoms with Crippen LogP contribution in [0, 0.1) is 0 Å². The second-order valence-corrected chi connectivity index (χ2v) is 6.57. The minimum atomic E-state index is -0.203. The molecule has 142 valence electrons. The number of carbonyl (C=O) groups excluding carboxylic acids is 2. The first-order valence-corrected chi connectivity index (χ1v) is 9.01. The largest absolute Gasteiger partial charge is 0.507 e. The number of para-hydroxylation sites is 1. The Labute approximate surface area is 159 Å². The molecule has 2 amide bonds. The van der Waals surface area contributed by atoms with Crippen LogP contribution in [0.2, 0.25) is 0 Å². The summed E-state index contributed by atoms with van der Waals surface area (Å²) in [6.45, 7) is 2.37. The lowest BCUT2D eigenvalue weighted by molar-refractivity contribution is -0.131. The van der Waals surface area contributed by atoms with Gasteiger partial charge in [0.1, 0.15) is 5.75 Å². The fourth-order valence-corrected chi connectivity index (χ4v) is 3.28. The summed E-state index contributed by atoms with van der Waals surface area (Å²) in [7, 11) is 1.64. The number of carbonyl (C=O) groups is 2. The Morgan fingerprint density at radius 1 is 0.926 bits per heavy atom. The first-order chi connectivity index (χ1) is 13.1. The Kier molecular flexibility index (Phi) is 6.08. The van der Waals surface area contributed by atoms with E-state index in [-0.39, 0.29) is 17.6 Å². The van der Waals surface area contributed by atoms with Crippen molar-refractivity contribution in [3.63, 3.8) is 0 Å². The normalized spacial score (nSPS) is 14.3. The Morgan fingerprint density at radius 3 is 2.19 bits per heavy atom. The third kappa shape index (κ3) is 4.46. The van der Waals surface area contributed by atoms with Crippen molar-refractivity contribution in [2.75, 3.05) is 33.3 Å². The molecule has 0 saturated carbocycles. The predicted molar refractivity (Wildman–Crippen MR) is 101 cm³/mol. The summed E-state index contributed by atoms with van der Waals surface area (Å²) in [5, 5.41) is 9.86. The molecule has 6 heteroatoms. The smallest absolute Gasteiger partial charge is 0.257 e. The van der Waals surface area contributed by atoms with Crippen molar-refractivity contribution >= 4 is 11.8 Å². The summed E-state index contributed by atoms with van der Waals surface area (Å²) in [5.74, 6) is -0.172. The highest BCUT2D eigenvalue weighted by Gasteiger charge is 2.26. The van der Waals surface area contributed by atoms with E-state index in [0.717, 1.165) is 11.1 Å². The van der Waals surface area contributed by atoms with Gasteiger partial charge in [-0.05, 0) is 23.3 Å². The maximum absolute atomic E-state index is 12.7. The van der Waals surface area contributed by atoms with Crippen LogP contribution >= 0.6 is 0 Å². The van der Waals surface area contributed by atoms with Crippen molar-refractivity contribution in [1.82, 2.24) is 9.80 Å². The van der Waals surface area contributed by atoms with E-state index in [1.165, 1.54) is 6.07 Å². The van der Waals surface area contributed by atoms with E-state index in [0.29, 0.717) is 44.8 Å². The number of nitrogens with zero attached hydrogens (tertiary/aromatic N) is 2. The molecule has 2 aromatic rings. The molecule has 3 rings (SSSR count). The van der Waals surface area contributed by atoms with E-state index in [1.807, 2.05) is 24.3 Å². The SMILES string of the molecule is COCc1ccccc1CC(=O)N1CCN(C(=O)c2ccccc2O)CC1. The molecule has 1 heterocycles. The number of amides is 2. The Hall–Kier alpha value is -2.86. The summed E-state index contributed by atoms with van der Waals surface area (Å²) >= 11 is 0. The van der Waals surface area contributed by atoms with Gasteiger partial charge in [-0.25, -0.2) is 0 Å². The van der Waals surface area contributed by atoms with Gasteiger partial charge in [-0.2, -0.15) is 0 Å². The topological polar surface area (TPSA) is 70.1 Å². The van der Waals surface area contributed by atoms with Crippen LogP contribution in [0.15, 0.2) is 48.5 Å². The molecular weight excluding hydrogens is 344 g/mol. The van der Waals surface area contributed by atoms with Crippen LogP contribution in [0.1, 0.15) is 21.5 Å². The monoisotopic (exact) mass is 368 g/mol. The highest BCUT2D eigenvalue weighted by Crippen LogP contribution is 2.19. The van der Waals surface area contributed by atoms with Crippen LogP contribution in [-0.2, 0) is 22.6 Å². The van der Waals surface area contributed by atoms with Gasteiger partial charge >= 0.3 is 0 Å². The Morgan fingerprint density at radius 2 is 1.52 bits per heavy atom. The zero-order valence-corrected chi connectivity index (χ0v) is 15.4. The first kappa shape index (κ1) is 18.9. The summed E-state index contributed by atoms with van der Waals surface area (Å²) in [5.41, 5.74) is 2.28. The number of rotatable bonds is 5. The second-order valence-electron chi connectivity index (χ2n) is 6.57. The van der Waals surface area contributed by atoms with Gasteiger partial charge in [0, 0.05) is 33.3 Å². The number of benzene rings is 2. The highest BCUT2D eigenvalue weighted by molar-refractivity contribution is 5.97. The lowest BCUT2D eigenvalue weighted by Gasteiger charge is -2.35. The van der Waals surface area contributed by atoms with Gasteiger partial charge in [0.25, 0.3) is 5.91 Å². The van der Waals surface area contributed by atoms with Crippen LogP contribution in [0.4, 0.5) is 0 Å². The van der Waals surface area contributed by atoms with Gasteiger partial charge in [0.05, 0.1) is 18.6 Å². The van der Waals surface area contributed by atoms with Gasteiger partial charge in [-0.15, -0.1) is 0 Å². The zero-order chi connectivity index (χ0) is 19.2. The number of hydrogen-bond acceptors (Lipinski definition) is 4. The molecule has 0 atom stereocenters. The first-order valence-electron chi connectivity index (χ1n) is 9.01. The molecule has 2 aromatic carbocycles. The molecule has 27 heavy (non-hydrogen) atoms. The van der Waals surface area contributed by atoms with Crippen molar-refractivity contribution in [3.8, 4) is 5.75 Å². The van der Waals surface area contributed by atoms with Crippen molar-refractivity contribution < 1.29 is 19.4 Å². The van der Waals surface area contributed by atoms with E-state index in [1.54, 1.807) is 35.1 Å². The van der Waals surface area contributed by atoms with Gasteiger partial charge in [-0.3, -0.25) is 9.59 Å². The predicted octanol–water partition coefficient (Wildman–Crippen LogP) is 2.07. The molecule has 0 radical (unpaired) electrons. The quantitative estimate of drug-likeness (QED) is 0.877. The summed E-state index contributed by atoms with van der Waals surface area (Å²) in [6, 6.07) is 14.3. The van der Waals surface area contributed by atoms with Crippen LogP contribution < -0.4 is 0 Å². The summed E-state index contributed by atoms with van der Waals surface area (Å²) in [4.78, 5) is 28.7. The van der Waals surface area contributed by atoms with E-state index >= 15 is 0 Å². The number of phenolic OH excluding ortho intramolecular Hbond substituents is 1. The van der Waals surface area contributed by atoms with Crippen molar-refractivity contribution in [1.29, 1.82) is 0 Å². The van der Waals surface area contributed by atoms with Crippen LogP contribution in [0.25, 0.3) is 0 Å². The lowest BCUT2D eigenvalue weighted by atomic mass is 10.0. The van der Waals surface area contributed by atoms with Crippen molar-refractivity contribution in [2.45, 2.75) is 13.0 Å². The van der Waals surface area contributed by atoms with Crippen molar-refractivity contribution in [3.05, 3.63) is 65.2 Å². The maximum Gasteiger partial charge on any atom is 0.257 e. The summed E-state index contributed by atoms with van der Waals surface area (Å²) < 4.78 is 5.20. The molecule has 0 aromatic heterocycles. The molecule has 0 spiro atoms. The van der Waals surface area contributed by atoms with Gasteiger partial charge in [0.15, 0.2) is 0 Å². The molecule has 1 aliphatic rings. The molecule has 1 aliphatic heterocycles. The second kappa shape index (κ2) is 8.68. The molecule has 1 fully saturated rings. The third-order valence-corrected chi connectivity index (χ3v) is 4.81. The van der Waals surface area contributed by atoms with E-state index in [9.17, 15) is 14.7 Å². The molecule has 1 saturated heterocycles.